The lowest BCUT2D eigenvalue weighted by atomic mass is 10.3. The molecule has 0 aromatic carbocycles. The normalized spacial score (nSPS) is 15.4. The van der Waals surface area contributed by atoms with Gasteiger partial charge < -0.3 is 20.3 Å². The second-order valence-corrected chi connectivity index (χ2v) is 6.69. The number of morpholine rings is 1. The number of likely N-dealkylation sites (N-methyl/N-ethyl adjacent to an activating group) is 1. The molecule has 8 heteroatoms. The quantitative estimate of drug-likeness (QED) is 0.358. The van der Waals surface area contributed by atoms with Gasteiger partial charge in [0.05, 0.1) is 13.2 Å². The van der Waals surface area contributed by atoms with Crippen molar-refractivity contribution in [3.05, 3.63) is 30.1 Å². The summed E-state index contributed by atoms with van der Waals surface area (Å²) in [6.45, 7) is 6.33. The van der Waals surface area contributed by atoms with Crippen LogP contribution < -0.4 is 10.6 Å². The Hall–Kier alpha value is -2.19. The predicted octanol–water partition coefficient (Wildman–Crippen LogP) is -0.0302. The number of amides is 1. The molecule has 0 spiro atoms. The molecule has 0 aliphatic carbocycles. The van der Waals surface area contributed by atoms with E-state index in [1.54, 1.807) is 25.2 Å². The van der Waals surface area contributed by atoms with Gasteiger partial charge in [0.15, 0.2) is 5.96 Å². The predicted molar refractivity (Wildman–Crippen MR) is 107 cm³/mol. The topological polar surface area (TPSA) is 82.1 Å². The summed E-state index contributed by atoms with van der Waals surface area (Å²) in [6, 6.07) is 5.90. The Kier molecular flexibility index (Phi) is 9.57. The molecule has 1 aliphatic rings. The van der Waals surface area contributed by atoms with Gasteiger partial charge in [-0.3, -0.25) is 14.7 Å². The summed E-state index contributed by atoms with van der Waals surface area (Å²) < 4.78 is 5.37. The van der Waals surface area contributed by atoms with E-state index in [0.29, 0.717) is 12.5 Å². The molecule has 2 rings (SSSR count). The van der Waals surface area contributed by atoms with Crippen LogP contribution in [0.2, 0.25) is 0 Å². The minimum Gasteiger partial charge on any atom is -0.379 e. The first-order valence-electron chi connectivity index (χ1n) is 9.57. The van der Waals surface area contributed by atoms with Crippen molar-refractivity contribution >= 4 is 11.9 Å². The molecule has 2 N–H and O–H groups in total. The average Bonchev–Trinajstić information content (AvgIpc) is 2.70. The monoisotopic (exact) mass is 376 g/mol. The maximum absolute atomic E-state index is 11.8. The van der Waals surface area contributed by atoms with E-state index in [2.05, 4.69) is 25.5 Å². The molecule has 2 heterocycles. The molecule has 0 unspecified atom stereocenters. The lowest BCUT2D eigenvalue weighted by Crippen LogP contribution is -2.42. The first-order valence-corrected chi connectivity index (χ1v) is 9.57. The summed E-state index contributed by atoms with van der Waals surface area (Å²) in [5.74, 6) is 0.650. The number of hydrogen-bond acceptors (Lipinski definition) is 5. The fraction of sp³-hybridized carbons (Fsp3) is 0.632. The van der Waals surface area contributed by atoms with Crippen molar-refractivity contribution in [1.29, 1.82) is 0 Å². The van der Waals surface area contributed by atoms with E-state index < -0.39 is 0 Å². The van der Waals surface area contributed by atoms with Gasteiger partial charge in [-0.1, -0.05) is 6.07 Å². The molecule has 1 aliphatic heterocycles. The number of guanidine groups is 1. The highest BCUT2D eigenvalue weighted by atomic mass is 16.5. The average molecular weight is 377 g/mol. The van der Waals surface area contributed by atoms with Crippen LogP contribution in [0.15, 0.2) is 29.4 Å². The molecule has 150 valence electrons. The summed E-state index contributed by atoms with van der Waals surface area (Å²) in [7, 11) is 3.48. The highest BCUT2D eigenvalue weighted by Crippen LogP contribution is 1.97. The Morgan fingerprint density at radius 3 is 2.74 bits per heavy atom. The van der Waals surface area contributed by atoms with Crippen LogP contribution in [-0.4, -0.2) is 93.2 Å². The number of nitrogens with one attached hydrogen (secondary N) is 2. The lowest BCUT2D eigenvalue weighted by molar-refractivity contribution is -0.127. The number of ether oxygens (including phenoxy) is 1. The van der Waals surface area contributed by atoms with E-state index in [-0.39, 0.29) is 12.5 Å². The van der Waals surface area contributed by atoms with Gasteiger partial charge in [-0.15, -0.1) is 0 Å². The third-order valence-electron chi connectivity index (χ3n) is 4.32. The molecular weight excluding hydrogens is 344 g/mol. The van der Waals surface area contributed by atoms with E-state index in [9.17, 15) is 4.79 Å². The van der Waals surface area contributed by atoms with Crippen molar-refractivity contribution in [3.8, 4) is 0 Å². The van der Waals surface area contributed by atoms with Crippen molar-refractivity contribution < 1.29 is 9.53 Å². The van der Waals surface area contributed by atoms with Gasteiger partial charge >= 0.3 is 0 Å². The number of aliphatic imine (C=N–C) groups is 1. The van der Waals surface area contributed by atoms with Crippen LogP contribution in [0.25, 0.3) is 0 Å². The zero-order valence-electron chi connectivity index (χ0n) is 16.5. The van der Waals surface area contributed by atoms with Gasteiger partial charge in [-0.25, -0.2) is 4.99 Å². The molecule has 27 heavy (non-hydrogen) atoms. The molecule has 1 saturated heterocycles. The van der Waals surface area contributed by atoms with Crippen LogP contribution >= 0.6 is 0 Å². The highest BCUT2D eigenvalue weighted by Gasteiger charge is 2.09. The van der Waals surface area contributed by atoms with Crippen LogP contribution in [0.1, 0.15) is 12.1 Å². The molecule has 0 radical (unpaired) electrons. The second kappa shape index (κ2) is 12.2. The third kappa shape index (κ3) is 8.83. The number of hydrogen-bond donors (Lipinski definition) is 2. The molecule has 0 atom stereocenters. The maximum atomic E-state index is 11.8. The van der Waals surface area contributed by atoms with Crippen LogP contribution in [0.5, 0.6) is 0 Å². The standard InChI is InChI=1S/C19H32N6O2/c1-24(2)18(26)16-23-19(22-10-7-17-6-3-4-8-20-17)21-9-5-11-25-12-14-27-15-13-25/h3-4,6,8H,5,7,9-16H2,1-2H3,(H2,21,22,23). The smallest absolute Gasteiger partial charge is 0.243 e. The largest absolute Gasteiger partial charge is 0.379 e. The van der Waals surface area contributed by atoms with E-state index in [1.165, 1.54) is 0 Å². The zero-order valence-corrected chi connectivity index (χ0v) is 16.5. The number of pyridine rings is 1. The first-order chi connectivity index (χ1) is 13.1. The number of aromatic nitrogens is 1. The fourth-order valence-electron chi connectivity index (χ4n) is 2.65. The summed E-state index contributed by atoms with van der Waals surface area (Å²) in [4.78, 5) is 24.5. The molecule has 0 saturated carbocycles. The van der Waals surface area contributed by atoms with Gasteiger partial charge in [-0.2, -0.15) is 0 Å². The molecule has 0 bridgehead atoms. The van der Waals surface area contributed by atoms with E-state index in [1.807, 2.05) is 18.2 Å². The zero-order chi connectivity index (χ0) is 19.3. The minimum absolute atomic E-state index is 0.0193. The molecule has 8 nitrogen and oxygen atoms in total. The van der Waals surface area contributed by atoms with Crippen LogP contribution in [0.4, 0.5) is 0 Å². The maximum Gasteiger partial charge on any atom is 0.243 e. The Balaban J connectivity index is 1.75. The summed E-state index contributed by atoms with van der Waals surface area (Å²) in [5.41, 5.74) is 1.03. The second-order valence-electron chi connectivity index (χ2n) is 6.69. The highest BCUT2D eigenvalue weighted by molar-refractivity contribution is 5.84. The van der Waals surface area contributed by atoms with Crippen LogP contribution in [0, 0.1) is 0 Å². The summed E-state index contributed by atoms with van der Waals surface area (Å²) in [6.07, 6.45) is 3.61. The number of rotatable bonds is 9. The summed E-state index contributed by atoms with van der Waals surface area (Å²) >= 11 is 0. The Morgan fingerprint density at radius 2 is 2.04 bits per heavy atom. The van der Waals surface area contributed by atoms with E-state index in [0.717, 1.165) is 57.9 Å². The number of carbonyl (C=O) groups is 1. The Labute approximate surface area is 162 Å². The third-order valence-corrected chi connectivity index (χ3v) is 4.32. The van der Waals surface area contributed by atoms with Gasteiger partial charge in [0.2, 0.25) is 5.91 Å². The summed E-state index contributed by atoms with van der Waals surface area (Å²) in [5, 5.41) is 6.63. The van der Waals surface area contributed by atoms with Gasteiger partial charge in [0.1, 0.15) is 6.54 Å². The van der Waals surface area contributed by atoms with Crippen molar-refractivity contribution in [1.82, 2.24) is 25.4 Å². The molecule has 1 aromatic heterocycles. The fourth-order valence-corrected chi connectivity index (χ4v) is 2.65. The van der Waals surface area contributed by atoms with Crippen LogP contribution in [-0.2, 0) is 16.0 Å². The van der Waals surface area contributed by atoms with Crippen molar-refractivity contribution in [2.45, 2.75) is 12.8 Å². The van der Waals surface area contributed by atoms with Crippen molar-refractivity contribution in [2.24, 2.45) is 4.99 Å². The van der Waals surface area contributed by atoms with E-state index in [4.69, 9.17) is 4.74 Å². The number of nitrogens with zero attached hydrogens (tertiary/aromatic N) is 4. The first kappa shape index (κ1) is 21.1. The Bertz CT molecular complexity index is 573. The Morgan fingerprint density at radius 1 is 1.26 bits per heavy atom. The van der Waals surface area contributed by atoms with Gasteiger partial charge in [0, 0.05) is 58.6 Å². The molecule has 1 aromatic rings. The molecule has 1 amide bonds. The lowest BCUT2D eigenvalue weighted by Gasteiger charge is -2.26. The van der Waals surface area contributed by atoms with Gasteiger partial charge in [-0.05, 0) is 25.1 Å². The van der Waals surface area contributed by atoms with Crippen molar-refractivity contribution in [3.63, 3.8) is 0 Å². The molecular formula is C19H32N6O2. The van der Waals surface area contributed by atoms with E-state index >= 15 is 0 Å². The SMILES string of the molecule is CN(C)C(=O)CN=C(NCCCN1CCOCC1)NCCc1ccccn1. The minimum atomic E-state index is -0.0193. The molecule has 1 fully saturated rings. The van der Waals surface area contributed by atoms with Crippen LogP contribution in [0.3, 0.4) is 0 Å². The van der Waals surface area contributed by atoms with Gasteiger partial charge in [0.25, 0.3) is 0 Å². The van der Waals surface area contributed by atoms with Crippen molar-refractivity contribution in [2.75, 3.05) is 66.6 Å². The number of carbonyl (C=O) groups excluding carboxylic acids is 1.